The molecular weight excluding hydrogens is 296 g/mol. The first-order valence-corrected chi connectivity index (χ1v) is 9.88. The van der Waals surface area contributed by atoms with E-state index in [9.17, 15) is 4.79 Å². The van der Waals surface area contributed by atoms with Crippen molar-refractivity contribution in [3.05, 3.63) is 35.9 Å². The van der Waals surface area contributed by atoms with Crippen LogP contribution >= 0.6 is 0 Å². The molecule has 0 aromatic heterocycles. The number of fused-ring (bicyclic) bond motifs is 1. The summed E-state index contributed by atoms with van der Waals surface area (Å²) in [5, 5.41) is 0. The van der Waals surface area contributed by atoms with Gasteiger partial charge in [-0.2, -0.15) is 0 Å². The Labute approximate surface area is 146 Å². The molecule has 1 aliphatic carbocycles. The zero-order valence-corrected chi connectivity index (χ0v) is 14.7. The molecule has 3 aliphatic rings. The van der Waals surface area contributed by atoms with Gasteiger partial charge in [0.1, 0.15) is 0 Å². The Morgan fingerprint density at radius 1 is 0.958 bits per heavy atom. The molecular formula is C21H30N2O. The molecule has 3 heteroatoms. The van der Waals surface area contributed by atoms with Crippen molar-refractivity contribution in [2.45, 2.75) is 56.9 Å². The van der Waals surface area contributed by atoms with Gasteiger partial charge in [-0.1, -0.05) is 43.2 Å². The standard InChI is InChI=1S/C21H30N2O/c24-21(23-13-6-10-18-9-4-5-11-20(18)23)16-22-14-12-19(15-22)17-7-2-1-3-8-17/h1-3,7-8,18-20H,4-6,9-16H2/t18-,19+,20+/m1/s1. The average Bonchev–Trinajstić information content (AvgIpc) is 3.10. The quantitative estimate of drug-likeness (QED) is 0.846. The number of carbonyl (C=O) groups is 1. The van der Waals surface area contributed by atoms with Gasteiger partial charge in [-0.25, -0.2) is 0 Å². The van der Waals surface area contributed by atoms with Crippen LogP contribution in [0, 0.1) is 5.92 Å². The van der Waals surface area contributed by atoms with Crippen molar-refractivity contribution in [2.75, 3.05) is 26.2 Å². The van der Waals surface area contributed by atoms with Crippen LogP contribution < -0.4 is 0 Å². The normalized spacial score (nSPS) is 31.0. The summed E-state index contributed by atoms with van der Waals surface area (Å²) in [6.07, 6.45) is 8.99. The van der Waals surface area contributed by atoms with Crippen LogP contribution in [0.5, 0.6) is 0 Å². The molecule has 130 valence electrons. The van der Waals surface area contributed by atoms with E-state index in [1.54, 1.807) is 0 Å². The molecule has 1 amide bonds. The molecule has 3 nitrogen and oxygen atoms in total. The van der Waals surface area contributed by atoms with Gasteiger partial charge in [0, 0.05) is 19.1 Å². The Bertz CT molecular complexity index is 556. The highest BCUT2D eigenvalue weighted by Gasteiger charge is 2.36. The summed E-state index contributed by atoms with van der Waals surface area (Å²) >= 11 is 0. The van der Waals surface area contributed by atoms with Gasteiger partial charge in [0.25, 0.3) is 0 Å². The van der Waals surface area contributed by atoms with Gasteiger partial charge in [-0.3, -0.25) is 9.69 Å². The van der Waals surface area contributed by atoms with Crippen molar-refractivity contribution in [3.8, 4) is 0 Å². The second-order valence-electron chi connectivity index (χ2n) is 7.97. The molecule has 2 heterocycles. The van der Waals surface area contributed by atoms with E-state index in [1.807, 2.05) is 0 Å². The minimum Gasteiger partial charge on any atom is -0.338 e. The van der Waals surface area contributed by atoms with Crippen LogP contribution in [0.4, 0.5) is 0 Å². The maximum absolute atomic E-state index is 12.9. The lowest BCUT2D eigenvalue weighted by Gasteiger charge is -2.44. The van der Waals surface area contributed by atoms with Crippen molar-refractivity contribution in [3.63, 3.8) is 0 Å². The van der Waals surface area contributed by atoms with E-state index in [2.05, 4.69) is 40.1 Å². The molecule has 3 fully saturated rings. The molecule has 4 rings (SSSR count). The highest BCUT2D eigenvalue weighted by Crippen LogP contribution is 2.35. The summed E-state index contributed by atoms with van der Waals surface area (Å²) in [5.41, 5.74) is 1.43. The van der Waals surface area contributed by atoms with E-state index < -0.39 is 0 Å². The third-order valence-corrected chi connectivity index (χ3v) is 6.47. The lowest BCUT2D eigenvalue weighted by molar-refractivity contribution is -0.138. The monoisotopic (exact) mass is 326 g/mol. The zero-order chi connectivity index (χ0) is 16.4. The topological polar surface area (TPSA) is 23.6 Å². The molecule has 2 aliphatic heterocycles. The van der Waals surface area contributed by atoms with Crippen LogP contribution in [0.2, 0.25) is 0 Å². The number of hydrogen-bond donors (Lipinski definition) is 0. The number of rotatable bonds is 3. The van der Waals surface area contributed by atoms with Gasteiger partial charge in [0.2, 0.25) is 5.91 Å². The molecule has 0 unspecified atom stereocenters. The Morgan fingerprint density at radius 2 is 1.75 bits per heavy atom. The number of hydrogen-bond acceptors (Lipinski definition) is 2. The lowest BCUT2D eigenvalue weighted by atomic mass is 9.78. The van der Waals surface area contributed by atoms with Crippen LogP contribution in [-0.4, -0.2) is 47.9 Å². The summed E-state index contributed by atoms with van der Waals surface area (Å²) in [5.74, 6) is 1.77. The molecule has 1 aromatic rings. The van der Waals surface area contributed by atoms with Crippen LogP contribution in [0.25, 0.3) is 0 Å². The number of nitrogens with zero attached hydrogens (tertiary/aromatic N) is 2. The number of piperidine rings is 1. The zero-order valence-electron chi connectivity index (χ0n) is 14.7. The first kappa shape index (κ1) is 16.1. The van der Waals surface area contributed by atoms with Crippen LogP contribution in [0.1, 0.15) is 56.4 Å². The highest BCUT2D eigenvalue weighted by atomic mass is 16.2. The maximum atomic E-state index is 12.9. The van der Waals surface area contributed by atoms with Crippen LogP contribution in [0.15, 0.2) is 30.3 Å². The predicted molar refractivity (Wildman–Crippen MR) is 96.9 cm³/mol. The van der Waals surface area contributed by atoms with Gasteiger partial charge in [0.15, 0.2) is 0 Å². The van der Waals surface area contributed by atoms with Crippen molar-refractivity contribution >= 4 is 5.91 Å². The molecule has 0 spiro atoms. The van der Waals surface area contributed by atoms with E-state index in [0.29, 0.717) is 24.4 Å². The molecule has 1 saturated carbocycles. The number of carbonyl (C=O) groups excluding carboxylic acids is 1. The lowest BCUT2D eigenvalue weighted by Crippen LogP contribution is -2.52. The molecule has 2 saturated heterocycles. The van der Waals surface area contributed by atoms with E-state index in [0.717, 1.165) is 25.6 Å². The summed E-state index contributed by atoms with van der Waals surface area (Å²) < 4.78 is 0. The average molecular weight is 326 g/mol. The molecule has 0 radical (unpaired) electrons. The minimum atomic E-state index is 0.389. The fourth-order valence-electron chi connectivity index (χ4n) is 5.19. The van der Waals surface area contributed by atoms with E-state index in [4.69, 9.17) is 0 Å². The van der Waals surface area contributed by atoms with Gasteiger partial charge in [-0.05, 0) is 56.0 Å². The first-order chi connectivity index (χ1) is 11.8. The van der Waals surface area contributed by atoms with Crippen LogP contribution in [0.3, 0.4) is 0 Å². The predicted octanol–water partition coefficient (Wildman–Crippen LogP) is 3.66. The van der Waals surface area contributed by atoms with Crippen molar-refractivity contribution in [1.29, 1.82) is 0 Å². The number of likely N-dealkylation sites (tertiary alicyclic amines) is 2. The Morgan fingerprint density at radius 3 is 2.62 bits per heavy atom. The summed E-state index contributed by atoms with van der Waals surface area (Å²) in [6, 6.07) is 11.3. The SMILES string of the molecule is O=C(CN1CC[C@H](c2ccccc2)C1)N1CCC[C@H]2CCCC[C@@H]21. The van der Waals surface area contributed by atoms with Gasteiger partial charge in [0.05, 0.1) is 6.54 Å². The fourth-order valence-corrected chi connectivity index (χ4v) is 5.19. The second-order valence-corrected chi connectivity index (χ2v) is 7.97. The summed E-state index contributed by atoms with van der Waals surface area (Å²) in [7, 11) is 0. The van der Waals surface area contributed by atoms with Crippen molar-refractivity contribution in [2.24, 2.45) is 5.92 Å². The molecule has 1 aromatic carbocycles. The largest absolute Gasteiger partial charge is 0.338 e. The fraction of sp³-hybridized carbons (Fsp3) is 0.667. The van der Waals surface area contributed by atoms with E-state index in [-0.39, 0.29) is 0 Å². The Hall–Kier alpha value is -1.35. The minimum absolute atomic E-state index is 0.389. The Kier molecular flexibility index (Phi) is 4.88. The molecule has 0 N–H and O–H groups in total. The molecule has 3 atom stereocenters. The van der Waals surface area contributed by atoms with Gasteiger partial charge >= 0.3 is 0 Å². The van der Waals surface area contributed by atoms with Gasteiger partial charge < -0.3 is 4.90 Å². The molecule has 24 heavy (non-hydrogen) atoms. The number of amides is 1. The van der Waals surface area contributed by atoms with E-state index >= 15 is 0 Å². The van der Waals surface area contributed by atoms with E-state index in [1.165, 1.54) is 50.5 Å². The first-order valence-electron chi connectivity index (χ1n) is 9.88. The molecule has 0 bridgehead atoms. The van der Waals surface area contributed by atoms with Gasteiger partial charge in [-0.15, -0.1) is 0 Å². The third kappa shape index (κ3) is 3.37. The summed E-state index contributed by atoms with van der Waals surface area (Å²) in [6.45, 7) is 3.73. The number of benzene rings is 1. The third-order valence-electron chi connectivity index (χ3n) is 6.47. The van der Waals surface area contributed by atoms with Crippen LogP contribution in [-0.2, 0) is 4.79 Å². The summed E-state index contributed by atoms with van der Waals surface area (Å²) in [4.78, 5) is 17.6. The Balaban J connectivity index is 1.34. The second kappa shape index (κ2) is 7.26. The van der Waals surface area contributed by atoms with Crippen molar-refractivity contribution in [1.82, 2.24) is 9.80 Å². The maximum Gasteiger partial charge on any atom is 0.237 e. The highest BCUT2D eigenvalue weighted by molar-refractivity contribution is 5.78. The van der Waals surface area contributed by atoms with Crippen molar-refractivity contribution < 1.29 is 4.79 Å². The smallest absolute Gasteiger partial charge is 0.237 e.